The van der Waals surface area contributed by atoms with Crippen LogP contribution in [0.2, 0.25) is 10.0 Å². The average molecular weight is 370 g/mol. The van der Waals surface area contributed by atoms with Crippen LogP contribution in [0.15, 0.2) is 30.5 Å². The van der Waals surface area contributed by atoms with Crippen LogP contribution in [-0.4, -0.2) is 40.6 Å². The smallest absolute Gasteiger partial charge is 0.356 e. The lowest BCUT2D eigenvalue weighted by atomic mass is 9.95. The lowest BCUT2D eigenvalue weighted by Crippen LogP contribution is -2.28. The summed E-state index contributed by atoms with van der Waals surface area (Å²) in [6.45, 7) is 2.60. The molecule has 0 amide bonds. The fraction of sp³-hybridized carbons (Fsp3) is 0.375. The number of hydrogen-bond acceptors (Lipinski definition) is 4. The number of hydrogen-bond donors (Lipinski definition) is 2. The first kappa shape index (κ1) is 17.2. The minimum Gasteiger partial charge on any atom is -0.476 e. The second kappa shape index (κ2) is 7.53. The van der Waals surface area contributed by atoms with Crippen molar-refractivity contribution in [2.75, 3.05) is 19.7 Å². The molecule has 0 bridgehead atoms. The van der Waals surface area contributed by atoms with E-state index < -0.39 is 5.97 Å². The van der Waals surface area contributed by atoms with Crippen LogP contribution in [0.3, 0.4) is 0 Å². The maximum Gasteiger partial charge on any atom is 0.356 e. The van der Waals surface area contributed by atoms with Crippen LogP contribution < -0.4 is 5.32 Å². The van der Waals surface area contributed by atoms with Crippen molar-refractivity contribution in [3.05, 3.63) is 51.8 Å². The van der Waals surface area contributed by atoms with Gasteiger partial charge in [0.15, 0.2) is 5.69 Å². The maximum absolute atomic E-state index is 11.0. The highest BCUT2D eigenvalue weighted by molar-refractivity contribution is 6.42. The highest BCUT2D eigenvalue weighted by atomic mass is 35.5. The molecular formula is C16H17Cl2N3O3. The number of halogens is 2. The fourth-order valence-corrected chi connectivity index (χ4v) is 3.13. The van der Waals surface area contributed by atoms with Crippen LogP contribution in [0.4, 0.5) is 0 Å². The largest absolute Gasteiger partial charge is 0.476 e. The fourth-order valence-electron chi connectivity index (χ4n) is 2.82. The van der Waals surface area contributed by atoms with Crippen molar-refractivity contribution >= 4 is 29.2 Å². The van der Waals surface area contributed by atoms with Crippen LogP contribution in [0, 0.1) is 5.92 Å². The van der Waals surface area contributed by atoms with E-state index in [1.165, 1.54) is 6.07 Å². The van der Waals surface area contributed by atoms with Gasteiger partial charge >= 0.3 is 5.97 Å². The lowest BCUT2D eigenvalue weighted by Gasteiger charge is -2.25. The average Bonchev–Trinajstić information content (AvgIpc) is 2.90. The predicted molar refractivity (Wildman–Crippen MR) is 90.7 cm³/mol. The molecule has 8 heteroatoms. The third-order valence-electron chi connectivity index (χ3n) is 3.96. The Bertz CT molecular complexity index is 735. The minimum atomic E-state index is -1.04. The van der Waals surface area contributed by atoms with Gasteiger partial charge in [-0.25, -0.2) is 4.79 Å². The van der Waals surface area contributed by atoms with E-state index >= 15 is 0 Å². The summed E-state index contributed by atoms with van der Waals surface area (Å²) in [4.78, 5) is 11.0. The third kappa shape index (κ3) is 3.89. The molecule has 3 rings (SSSR count). The summed E-state index contributed by atoms with van der Waals surface area (Å²) in [5.41, 5.74) is 0.979. The molecule has 1 fully saturated rings. The van der Waals surface area contributed by atoms with E-state index in [0.717, 1.165) is 18.7 Å². The molecule has 24 heavy (non-hydrogen) atoms. The molecule has 0 radical (unpaired) electrons. The second-order valence-electron chi connectivity index (χ2n) is 5.66. The van der Waals surface area contributed by atoms with Crippen LogP contribution in [-0.2, 0) is 11.3 Å². The molecular weight excluding hydrogens is 353 g/mol. The normalized spacial score (nSPS) is 21.4. The molecule has 2 N–H and O–H groups in total. The zero-order chi connectivity index (χ0) is 17.1. The molecule has 1 aliphatic heterocycles. The molecule has 0 unspecified atom stereocenters. The Balaban J connectivity index is 1.83. The summed E-state index contributed by atoms with van der Waals surface area (Å²) < 4.78 is 7.64. The Kier molecular flexibility index (Phi) is 5.40. The first-order chi connectivity index (χ1) is 11.5. The molecule has 2 atom stereocenters. The first-order valence-corrected chi connectivity index (χ1v) is 8.34. The van der Waals surface area contributed by atoms with Crippen molar-refractivity contribution in [3.8, 4) is 0 Å². The van der Waals surface area contributed by atoms with Gasteiger partial charge in [0.25, 0.3) is 0 Å². The number of nitrogens with zero attached hydrogens (tertiary/aromatic N) is 2. The van der Waals surface area contributed by atoms with Crippen LogP contribution in [0.1, 0.15) is 22.2 Å². The highest BCUT2D eigenvalue weighted by Gasteiger charge is 2.27. The SMILES string of the molecule is O=C(O)c1ccn(C[C@@H]2CNCCO[C@H]2c2ccc(Cl)c(Cl)c2)n1. The monoisotopic (exact) mass is 369 g/mol. The molecule has 1 aromatic carbocycles. The van der Waals surface area contributed by atoms with Gasteiger partial charge < -0.3 is 15.2 Å². The predicted octanol–water partition coefficient (Wildman–Crippen LogP) is 2.87. The molecule has 0 spiro atoms. The number of benzene rings is 1. The van der Waals surface area contributed by atoms with Crippen molar-refractivity contribution in [3.63, 3.8) is 0 Å². The lowest BCUT2D eigenvalue weighted by molar-refractivity contribution is 0.0242. The van der Waals surface area contributed by atoms with Gasteiger partial charge in [-0.1, -0.05) is 29.3 Å². The number of aromatic nitrogens is 2. The molecule has 2 heterocycles. The third-order valence-corrected chi connectivity index (χ3v) is 4.70. The summed E-state index contributed by atoms with van der Waals surface area (Å²) in [5.74, 6) is -0.962. The number of carbonyl (C=O) groups is 1. The van der Waals surface area contributed by atoms with Crippen LogP contribution in [0.25, 0.3) is 0 Å². The van der Waals surface area contributed by atoms with E-state index in [1.807, 2.05) is 12.1 Å². The number of aromatic carboxylic acids is 1. The van der Waals surface area contributed by atoms with Crippen molar-refractivity contribution in [2.24, 2.45) is 5.92 Å². The van der Waals surface area contributed by atoms with Crippen molar-refractivity contribution in [1.82, 2.24) is 15.1 Å². The number of nitrogens with one attached hydrogen (secondary N) is 1. The summed E-state index contributed by atoms with van der Waals surface area (Å²) in [6, 6.07) is 6.97. The van der Waals surface area contributed by atoms with Crippen molar-refractivity contribution < 1.29 is 14.6 Å². The number of carboxylic acids is 1. The maximum atomic E-state index is 11.0. The summed E-state index contributed by atoms with van der Waals surface area (Å²) in [6.07, 6.45) is 1.49. The Morgan fingerprint density at radius 3 is 2.92 bits per heavy atom. The van der Waals surface area contributed by atoms with Gasteiger partial charge in [0, 0.05) is 31.7 Å². The number of carboxylic acid groups (broad SMARTS) is 1. The van der Waals surface area contributed by atoms with Gasteiger partial charge in [0.2, 0.25) is 0 Å². The van der Waals surface area contributed by atoms with E-state index in [-0.39, 0.29) is 17.7 Å². The van der Waals surface area contributed by atoms with Crippen molar-refractivity contribution in [1.29, 1.82) is 0 Å². The molecule has 0 aliphatic carbocycles. The summed E-state index contributed by atoms with van der Waals surface area (Å²) >= 11 is 12.1. The Morgan fingerprint density at radius 1 is 1.38 bits per heavy atom. The molecule has 1 aliphatic rings. The molecule has 2 aromatic rings. The summed E-state index contributed by atoms with van der Waals surface area (Å²) in [7, 11) is 0. The molecule has 6 nitrogen and oxygen atoms in total. The topological polar surface area (TPSA) is 76.4 Å². The van der Waals surface area contributed by atoms with E-state index in [9.17, 15) is 4.79 Å². The molecule has 1 aromatic heterocycles. The van der Waals surface area contributed by atoms with E-state index in [4.69, 9.17) is 33.0 Å². The van der Waals surface area contributed by atoms with Gasteiger partial charge in [-0.2, -0.15) is 5.10 Å². The number of ether oxygens (including phenoxy) is 1. The van der Waals surface area contributed by atoms with Gasteiger partial charge in [0.05, 0.1) is 22.8 Å². The molecule has 128 valence electrons. The van der Waals surface area contributed by atoms with Crippen LogP contribution >= 0.6 is 23.2 Å². The first-order valence-electron chi connectivity index (χ1n) is 7.58. The minimum absolute atomic E-state index is 0.0311. The Labute approximate surface area is 149 Å². The molecule has 0 saturated carbocycles. The number of rotatable bonds is 4. The Hall–Kier alpha value is -1.60. The van der Waals surface area contributed by atoms with Gasteiger partial charge in [0.1, 0.15) is 0 Å². The van der Waals surface area contributed by atoms with E-state index in [1.54, 1.807) is 16.9 Å². The highest BCUT2D eigenvalue weighted by Crippen LogP contribution is 2.32. The van der Waals surface area contributed by atoms with E-state index in [0.29, 0.717) is 23.2 Å². The van der Waals surface area contributed by atoms with Gasteiger partial charge in [-0.3, -0.25) is 4.68 Å². The van der Waals surface area contributed by atoms with Crippen molar-refractivity contribution in [2.45, 2.75) is 12.6 Å². The van der Waals surface area contributed by atoms with E-state index in [2.05, 4.69) is 10.4 Å². The quantitative estimate of drug-likeness (QED) is 0.866. The summed E-state index contributed by atoms with van der Waals surface area (Å²) in [5, 5.41) is 17.4. The van der Waals surface area contributed by atoms with Gasteiger partial charge in [-0.05, 0) is 23.8 Å². The zero-order valence-electron chi connectivity index (χ0n) is 12.8. The standard InChI is InChI=1S/C16H17Cl2N3O3/c17-12-2-1-10(7-13(12)18)15-11(8-19-4-6-24-15)9-21-5-3-14(20-21)16(22)23/h1-3,5,7,11,15,19H,4,6,8-9H2,(H,22,23)/t11-,15-/m0/s1. The van der Waals surface area contributed by atoms with Crippen LogP contribution in [0.5, 0.6) is 0 Å². The zero-order valence-corrected chi connectivity index (χ0v) is 14.3. The second-order valence-corrected chi connectivity index (χ2v) is 6.47. The Morgan fingerprint density at radius 2 is 2.21 bits per heavy atom. The molecule has 1 saturated heterocycles. The van der Waals surface area contributed by atoms with Gasteiger partial charge in [-0.15, -0.1) is 0 Å².